The fourth-order valence-electron chi connectivity index (χ4n) is 2.92. The minimum absolute atomic E-state index is 0.0814. The van der Waals surface area contributed by atoms with Gasteiger partial charge in [0, 0.05) is 26.2 Å². The van der Waals surface area contributed by atoms with Crippen molar-refractivity contribution in [2.24, 2.45) is 0 Å². The van der Waals surface area contributed by atoms with Crippen molar-refractivity contribution in [1.82, 2.24) is 4.90 Å². The van der Waals surface area contributed by atoms with Crippen molar-refractivity contribution < 1.29 is 14.1 Å². The lowest BCUT2D eigenvalue weighted by Crippen LogP contribution is -2.44. The Morgan fingerprint density at radius 3 is 2.84 bits per heavy atom. The second kappa shape index (κ2) is 8.04. The van der Waals surface area contributed by atoms with Crippen molar-refractivity contribution in [1.29, 1.82) is 0 Å². The van der Waals surface area contributed by atoms with Crippen LogP contribution in [0.15, 0.2) is 48.5 Å². The number of morpholine rings is 1. The van der Waals surface area contributed by atoms with Gasteiger partial charge in [-0.25, -0.2) is 4.39 Å². The van der Waals surface area contributed by atoms with E-state index < -0.39 is 10.7 Å². The van der Waals surface area contributed by atoms with E-state index in [1.54, 1.807) is 0 Å². The summed E-state index contributed by atoms with van der Waals surface area (Å²) in [6.07, 6.45) is -0.0814. The summed E-state index contributed by atoms with van der Waals surface area (Å²) in [6, 6.07) is 13.7. The molecule has 0 aromatic heterocycles. The summed E-state index contributed by atoms with van der Waals surface area (Å²) in [5.41, 5.74) is 1.28. The highest BCUT2D eigenvalue weighted by Gasteiger charge is 2.22. The van der Waals surface area contributed by atoms with Gasteiger partial charge in [0.2, 0.25) is 0 Å². The van der Waals surface area contributed by atoms with Crippen LogP contribution in [0.2, 0.25) is 0 Å². The van der Waals surface area contributed by atoms with E-state index >= 15 is 0 Å². The monoisotopic (exact) mass is 345 g/mol. The summed E-state index contributed by atoms with van der Waals surface area (Å²) in [6.45, 7) is 3.47. The van der Waals surface area contributed by atoms with Crippen molar-refractivity contribution in [3.8, 4) is 0 Å². The molecule has 1 aliphatic rings. The SMILES string of the molecule is O=[N+]([O-])c1cc(F)ccc1NCC1CN(Cc2ccccc2)CCO1. The first kappa shape index (κ1) is 17.3. The number of anilines is 1. The molecule has 1 fully saturated rings. The van der Waals surface area contributed by atoms with Gasteiger partial charge in [-0.2, -0.15) is 0 Å². The number of nitrogens with one attached hydrogen (secondary N) is 1. The highest BCUT2D eigenvalue weighted by molar-refractivity contribution is 5.61. The fourth-order valence-corrected chi connectivity index (χ4v) is 2.92. The molecule has 0 spiro atoms. The lowest BCUT2D eigenvalue weighted by atomic mass is 10.2. The standard InChI is InChI=1S/C18H20FN3O3/c19-15-6-7-17(18(10-15)22(23)24)20-11-16-13-21(8-9-25-16)12-14-4-2-1-3-5-14/h1-7,10,16,20H,8-9,11-13H2. The summed E-state index contributed by atoms with van der Waals surface area (Å²) < 4.78 is 18.9. The Balaban J connectivity index is 1.57. The fraction of sp³-hybridized carbons (Fsp3) is 0.333. The van der Waals surface area contributed by atoms with Gasteiger partial charge in [0.05, 0.1) is 23.7 Å². The number of benzene rings is 2. The van der Waals surface area contributed by atoms with Crippen LogP contribution < -0.4 is 5.32 Å². The highest BCUT2D eigenvalue weighted by atomic mass is 19.1. The lowest BCUT2D eigenvalue weighted by molar-refractivity contribution is -0.384. The maximum absolute atomic E-state index is 13.2. The van der Waals surface area contributed by atoms with E-state index in [0.717, 1.165) is 25.7 Å². The average molecular weight is 345 g/mol. The number of rotatable bonds is 6. The van der Waals surface area contributed by atoms with E-state index in [0.29, 0.717) is 18.8 Å². The van der Waals surface area contributed by atoms with Gasteiger partial charge in [-0.15, -0.1) is 0 Å². The lowest BCUT2D eigenvalue weighted by Gasteiger charge is -2.33. The summed E-state index contributed by atoms with van der Waals surface area (Å²) in [7, 11) is 0. The van der Waals surface area contributed by atoms with Crippen LogP contribution in [-0.4, -0.2) is 42.2 Å². The van der Waals surface area contributed by atoms with Crippen molar-refractivity contribution >= 4 is 11.4 Å². The molecular formula is C18H20FN3O3. The average Bonchev–Trinajstić information content (AvgIpc) is 2.62. The number of ether oxygens (including phenoxy) is 1. The predicted molar refractivity (Wildman–Crippen MR) is 93.0 cm³/mol. The molecule has 0 aliphatic carbocycles. The first-order valence-electron chi connectivity index (χ1n) is 8.17. The number of nitro groups is 1. The molecular weight excluding hydrogens is 325 g/mol. The maximum Gasteiger partial charge on any atom is 0.295 e. The zero-order valence-corrected chi connectivity index (χ0v) is 13.7. The first-order chi connectivity index (χ1) is 12.1. The maximum atomic E-state index is 13.2. The molecule has 0 bridgehead atoms. The second-order valence-electron chi connectivity index (χ2n) is 6.01. The zero-order chi connectivity index (χ0) is 17.6. The van der Waals surface area contributed by atoms with E-state index in [1.165, 1.54) is 17.7 Å². The van der Waals surface area contributed by atoms with Gasteiger partial charge < -0.3 is 10.1 Å². The van der Waals surface area contributed by atoms with Crippen LogP contribution in [0.5, 0.6) is 0 Å². The molecule has 1 unspecified atom stereocenters. The van der Waals surface area contributed by atoms with E-state index in [2.05, 4.69) is 22.3 Å². The van der Waals surface area contributed by atoms with Crippen molar-refractivity contribution in [3.05, 3.63) is 70.0 Å². The first-order valence-corrected chi connectivity index (χ1v) is 8.17. The van der Waals surface area contributed by atoms with Gasteiger partial charge >= 0.3 is 0 Å². The molecule has 2 aromatic rings. The molecule has 7 heteroatoms. The van der Waals surface area contributed by atoms with Gasteiger partial charge in [-0.1, -0.05) is 30.3 Å². The Hall–Kier alpha value is -2.51. The molecule has 0 saturated carbocycles. The second-order valence-corrected chi connectivity index (χ2v) is 6.01. The Bertz CT molecular complexity index is 727. The van der Waals surface area contributed by atoms with Crippen LogP contribution in [0.1, 0.15) is 5.56 Å². The molecule has 132 valence electrons. The molecule has 1 heterocycles. The molecule has 2 aromatic carbocycles. The van der Waals surface area contributed by atoms with Crippen LogP contribution >= 0.6 is 0 Å². The number of halogens is 1. The Kier molecular flexibility index (Phi) is 5.57. The normalized spacial score (nSPS) is 18.0. The minimum Gasteiger partial charge on any atom is -0.377 e. The summed E-state index contributed by atoms with van der Waals surface area (Å²) in [5, 5.41) is 14.1. The largest absolute Gasteiger partial charge is 0.377 e. The van der Waals surface area contributed by atoms with Gasteiger partial charge in [0.1, 0.15) is 11.5 Å². The van der Waals surface area contributed by atoms with E-state index in [9.17, 15) is 14.5 Å². The minimum atomic E-state index is -0.625. The third-order valence-corrected chi connectivity index (χ3v) is 4.15. The number of nitrogens with zero attached hydrogens (tertiary/aromatic N) is 2. The Labute approximate surface area is 145 Å². The topological polar surface area (TPSA) is 67.6 Å². The summed E-state index contributed by atoms with van der Waals surface area (Å²) >= 11 is 0. The van der Waals surface area contributed by atoms with Gasteiger partial charge in [0.25, 0.3) is 5.69 Å². The van der Waals surface area contributed by atoms with Gasteiger partial charge in [0.15, 0.2) is 0 Å². The quantitative estimate of drug-likeness (QED) is 0.644. The highest BCUT2D eigenvalue weighted by Crippen LogP contribution is 2.25. The van der Waals surface area contributed by atoms with Crippen LogP contribution in [-0.2, 0) is 11.3 Å². The third kappa shape index (κ3) is 4.74. The number of hydrogen-bond acceptors (Lipinski definition) is 5. The molecule has 3 rings (SSSR count). The zero-order valence-electron chi connectivity index (χ0n) is 13.7. The molecule has 1 atom stereocenters. The number of hydrogen-bond donors (Lipinski definition) is 1. The Morgan fingerprint density at radius 2 is 2.08 bits per heavy atom. The van der Waals surface area contributed by atoms with Crippen molar-refractivity contribution in [3.63, 3.8) is 0 Å². The number of nitro benzene ring substituents is 1. The summed E-state index contributed by atoms with van der Waals surface area (Å²) in [4.78, 5) is 12.7. The van der Waals surface area contributed by atoms with Crippen molar-refractivity contribution in [2.45, 2.75) is 12.6 Å². The molecule has 0 radical (unpaired) electrons. The molecule has 1 saturated heterocycles. The molecule has 6 nitrogen and oxygen atoms in total. The van der Waals surface area contributed by atoms with Crippen molar-refractivity contribution in [2.75, 3.05) is 31.6 Å². The van der Waals surface area contributed by atoms with Crippen LogP contribution in [0, 0.1) is 15.9 Å². The van der Waals surface area contributed by atoms with Gasteiger partial charge in [-0.05, 0) is 17.7 Å². The summed E-state index contributed by atoms with van der Waals surface area (Å²) in [5.74, 6) is -0.625. The predicted octanol–water partition coefficient (Wildman–Crippen LogP) is 3.05. The van der Waals surface area contributed by atoms with Crippen LogP contribution in [0.3, 0.4) is 0 Å². The Morgan fingerprint density at radius 1 is 1.28 bits per heavy atom. The molecule has 1 aliphatic heterocycles. The molecule has 1 N–H and O–H groups in total. The van der Waals surface area contributed by atoms with E-state index in [1.807, 2.05) is 18.2 Å². The molecule has 25 heavy (non-hydrogen) atoms. The van der Waals surface area contributed by atoms with Gasteiger partial charge in [-0.3, -0.25) is 15.0 Å². The van der Waals surface area contributed by atoms with Crippen LogP contribution in [0.4, 0.5) is 15.8 Å². The van der Waals surface area contributed by atoms with E-state index in [4.69, 9.17) is 4.74 Å². The van der Waals surface area contributed by atoms with Crippen LogP contribution in [0.25, 0.3) is 0 Å². The van der Waals surface area contributed by atoms with E-state index in [-0.39, 0.29) is 11.8 Å². The molecule has 0 amide bonds. The smallest absolute Gasteiger partial charge is 0.295 e. The third-order valence-electron chi connectivity index (χ3n) is 4.15.